The normalized spacial score (nSPS) is 23.9. The van der Waals surface area contributed by atoms with E-state index in [0.29, 0.717) is 5.56 Å². The zero-order valence-electron chi connectivity index (χ0n) is 11.1. The van der Waals surface area contributed by atoms with Crippen LogP contribution in [0.25, 0.3) is 0 Å². The van der Waals surface area contributed by atoms with E-state index < -0.39 is 24.2 Å². The number of nitrogens with zero attached hydrogens (tertiary/aromatic N) is 3. The van der Waals surface area contributed by atoms with Crippen molar-refractivity contribution >= 4 is 5.91 Å². The molecule has 20 heavy (non-hydrogen) atoms. The summed E-state index contributed by atoms with van der Waals surface area (Å²) in [6, 6.07) is -2.13. The predicted molar refractivity (Wildman–Crippen MR) is 65.7 cm³/mol. The summed E-state index contributed by atoms with van der Waals surface area (Å²) < 4.78 is 40.4. The van der Waals surface area contributed by atoms with Gasteiger partial charge in [-0.1, -0.05) is 0 Å². The summed E-state index contributed by atoms with van der Waals surface area (Å²) in [5.74, 6) is -0.560. The van der Waals surface area contributed by atoms with Crippen LogP contribution in [0.4, 0.5) is 13.2 Å². The Labute approximate surface area is 114 Å². The summed E-state index contributed by atoms with van der Waals surface area (Å²) in [6.45, 7) is -0.0523. The van der Waals surface area contributed by atoms with Gasteiger partial charge in [-0.15, -0.1) is 0 Å². The molecule has 2 unspecified atom stereocenters. The third kappa shape index (κ3) is 3.30. The van der Waals surface area contributed by atoms with Crippen molar-refractivity contribution in [3.63, 3.8) is 0 Å². The van der Waals surface area contributed by atoms with Gasteiger partial charge in [-0.25, -0.2) is 0 Å². The molecule has 112 valence electrons. The van der Waals surface area contributed by atoms with E-state index in [1.807, 2.05) is 0 Å². The highest BCUT2D eigenvalue weighted by atomic mass is 19.4. The van der Waals surface area contributed by atoms with Crippen LogP contribution in [0.2, 0.25) is 0 Å². The highest BCUT2D eigenvalue weighted by Crippen LogP contribution is 2.31. The van der Waals surface area contributed by atoms with E-state index >= 15 is 0 Å². The third-order valence-electron chi connectivity index (χ3n) is 3.43. The summed E-state index contributed by atoms with van der Waals surface area (Å²) in [7, 11) is 1.68. The molecule has 0 bridgehead atoms. The van der Waals surface area contributed by atoms with Crippen molar-refractivity contribution in [1.29, 1.82) is 0 Å². The van der Waals surface area contributed by atoms with Gasteiger partial charge in [0.1, 0.15) is 6.04 Å². The second-order valence-corrected chi connectivity index (χ2v) is 5.14. The van der Waals surface area contributed by atoms with Gasteiger partial charge in [0.2, 0.25) is 5.91 Å². The second kappa shape index (κ2) is 5.43. The molecule has 2 heterocycles. The molecule has 0 saturated carbocycles. The first-order chi connectivity index (χ1) is 9.27. The Balaban J connectivity index is 2.11. The van der Waals surface area contributed by atoms with Gasteiger partial charge < -0.3 is 10.6 Å². The van der Waals surface area contributed by atoms with E-state index in [1.165, 1.54) is 10.9 Å². The molecular weight excluding hydrogens is 273 g/mol. The molecule has 8 heteroatoms. The predicted octanol–water partition coefficient (Wildman–Crippen LogP) is 0.843. The number of rotatable bonds is 2. The fourth-order valence-electron chi connectivity index (χ4n) is 2.45. The van der Waals surface area contributed by atoms with Crippen LogP contribution in [-0.2, 0) is 18.3 Å². The van der Waals surface area contributed by atoms with E-state index in [0.717, 1.165) is 4.90 Å². The lowest BCUT2D eigenvalue weighted by atomic mass is 9.97. The summed E-state index contributed by atoms with van der Waals surface area (Å²) in [5, 5.41) is 3.90. The number of hydrogen-bond donors (Lipinski definition) is 1. The van der Waals surface area contributed by atoms with E-state index in [9.17, 15) is 18.0 Å². The number of likely N-dealkylation sites (tertiary alicyclic amines) is 1. The molecule has 0 aromatic carbocycles. The minimum absolute atomic E-state index is 0.0523. The van der Waals surface area contributed by atoms with Crippen LogP contribution in [0.1, 0.15) is 18.4 Å². The Kier molecular flexibility index (Phi) is 4.03. The summed E-state index contributed by atoms with van der Waals surface area (Å²) in [5.41, 5.74) is 6.28. The van der Waals surface area contributed by atoms with Gasteiger partial charge in [0.05, 0.1) is 12.6 Å². The SMILES string of the molecule is Cn1cc(CC(=O)N2CC(N)CCC2C(F)(F)F)cn1. The molecule has 0 radical (unpaired) electrons. The number of halogens is 3. The molecule has 2 atom stereocenters. The first kappa shape index (κ1) is 14.8. The average Bonchev–Trinajstić information content (AvgIpc) is 2.73. The first-order valence-electron chi connectivity index (χ1n) is 6.36. The molecule has 2 rings (SSSR count). The molecular formula is C12H17F3N4O. The summed E-state index contributed by atoms with van der Waals surface area (Å²) in [6.07, 6.45) is -1.27. The van der Waals surface area contributed by atoms with Gasteiger partial charge in [-0.05, 0) is 18.4 Å². The standard InChI is InChI=1S/C12H17F3N4O/c1-18-6-8(5-17-18)4-11(20)19-7-9(16)2-3-10(19)12(13,14)15/h5-6,9-10H,2-4,7,16H2,1H3. The first-order valence-corrected chi connectivity index (χ1v) is 6.36. The van der Waals surface area contributed by atoms with Crippen molar-refractivity contribution in [1.82, 2.24) is 14.7 Å². The molecule has 1 aliphatic heterocycles. The van der Waals surface area contributed by atoms with Crippen molar-refractivity contribution in [2.45, 2.75) is 37.5 Å². The van der Waals surface area contributed by atoms with Crippen LogP contribution >= 0.6 is 0 Å². The van der Waals surface area contributed by atoms with Crippen LogP contribution in [0.3, 0.4) is 0 Å². The molecule has 5 nitrogen and oxygen atoms in total. The maximum absolute atomic E-state index is 13.0. The average molecular weight is 290 g/mol. The summed E-state index contributed by atoms with van der Waals surface area (Å²) >= 11 is 0. The lowest BCUT2D eigenvalue weighted by molar-refractivity contribution is -0.196. The van der Waals surface area contributed by atoms with Gasteiger partial charge in [-0.2, -0.15) is 18.3 Å². The lowest BCUT2D eigenvalue weighted by Gasteiger charge is -2.39. The van der Waals surface area contributed by atoms with Gasteiger partial charge in [0.15, 0.2) is 0 Å². The van der Waals surface area contributed by atoms with Crippen molar-refractivity contribution in [2.24, 2.45) is 12.8 Å². The van der Waals surface area contributed by atoms with Crippen LogP contribution in [0.15, 0.2) is 12.4 Å². The quantitative estimate of drug-likeness (QED) is 0.878. The van der Waals surface area contributed by atoms with Gasteiger partial charge in [0, 0.05) is 25.8 Å². The van der Waals surface area contributed by atoms with Gasteiger partial charge in [-0.3, -0.25) is 9.48 Å². The number of nitrogens with two attached hydrogens (primary N) is 1. The topological polar surface area (TPSA) is 64.2 Å². The van der Waals surface area contributed by atoms with E-state index in [4.69, 9.17) is 5.73 Å². The number of carbonyl (C=O) groups is 1. The Hall–Kier alpha value is -1.57. The van der Waals surface area contributed by atoms with Crippen molar-refractivity contribution in [2.75, 3.05) is 6.54 Å². The summed E-state index contributed by atoms with van der Waals surface area (Å²) in [4.78, 5) is 13.0. The number of aromatic nitrogens is 2. The zero-order chi connectivity index (χ0) is 14.9. The zero-order valence-corrected chi connectivity index (χ0v) is 11.1. The number of amides is 1. The highest BCUT2D eigenvalue weighted by molar-refractivity contribution is 5.79. The van der Waals surface area contributed by atoms with Crippen molar-refractivity contribution in [3.8, 4) is 0 Å². The Morgan fingerprint density at radius 1 is 1.50 bits per heavy atom. The smallest absolute Gasteiger partial charge is 0.329 e. The maximum atomic E-state index is 13.0. The lowest BCUT2D eigenvalue weighted by Crippen LogP contribution is -2.57. The molecule has 1 aromatic heterocycles. The molecule has 2 N–H and O–H groups in total. The van der Waals surface area contributed by atoms with E-state index in [2.05, 4.69) is 5.10 Å². The van der Waals surface area contributed by atoms with Crippen LogP contribution in [0, 0.1) is 0 Å². The molecule has 0 aliphatic carbocycles. The van der Waals surface area contributed by atoms with Gasteiger partial charge >= 0.3 is 6.18 Å². The van der Waals surface area contributed by atoms with Crippen LogP contribution in [0.5, 0.6) is 0 Å². The number of hydrogen-bond acceptors (Lipinski definition) is 3. The molecule has 1 saturated heterocycles. The Morgan fingerprint density at radius 3 is 2.75 bits per heavy atom. The van der Waals surface area contributed by atoms with Gasteiger partial charge in [0.25, 0.3) is 0 Å². The number of aryl methyl sites for hydroxylation is 1. The minimum atomic E-state index is -4.41. The van der Waals surface area contributed by atoms with Crippen molar-refractivity contribution in [3.05, 3.63) is 18.0 Å². The van der Waals surface area contributed by atoms with Crippen LogP contribution < -0.4 is 5.73 Å². The third-order valence-corrected chi connectivity index (χ3v) is 3.43. The number of carbonyl (C=O) groups excluding carboxylic acids is 1. The highest BCUT2D eigenvalue weighted by Gasteiger charge is 2.47. The van der Waals surface area contributed by atoms with E-state index in [-0.39, 0.29) is 25.8 Å². The molecule has 1 amide bonds. The fraction of sp³-hybridized carbons (Fsp3) is 0.667. The van der Waals surface area contributed by atoms with Crippen LogP contribution in [-0.4, -0.2) is 45.4 Å². The maximum Gasteiger partial charge on any atom is 0.408 e. The fourth-order valence-corrected chi connectivity index (χ4v) is 2.45. The number of alkyl halides is 3. The van der Waals surface area contributed by atoms with E-state index in [1.54, 1.807) is 13.2 Å². The van der Waals surface area contributed by atoms with Crippen molar-refractivity contribution < 1.29 is 18.0 Å². The monoisotopic (exact) mass is 290 g/mol. The molecule has 1 fully saturated rings. The second-order valence-electron chi connectivity index (χ2n) is 5.14. The Morgan fingerprint density at radius 2 is 2.20 bits per heavy atom. The largest absolute Gasteiger partial charge is 0.408 e. The minimum Gasteiger partial charge on any atom is -0.329 e. The molecule has 1 aromatic rings. The molecule has 0 spiro atoms. The number of piperidine rings is 1. The Bertz CT molecular complexity index is 485. The molecule has 1 aliphatic rings.